The van der Waals surface area contributed by atoms with Crippen LogP contribution in [0, 0.1) is 11.6 Å². The van der Waals surface area contributed by atoms with Crippen LogP contribution >= 0.6 is 0 Å². The molecular weight excluding hydrogens is 495 g/mol. The van der Waals surface area contributed by atoms with Crippen molar-refractivity contribution in [3.63, 3.8) is 0 Å². The molecule has 2 heterocycles. The molecule has 12 heteroatoms. The van der Waals surface area contributed by atoms with Crippen molar-refractivity contribution in [1.29, 1.82) is 0 Å². The van der Waals surface area contributed by atoms with Crippen LogP contribution in [0.5, 0.6) is 5.75 Å². The smallest absolute Gasteiger partial charge is 0.483 e. The van der Waals surface area contributed by atoms with Gasteiger partial charge in [-0.25, -0.2) is 26.9 Å². The van der Waals surface area contributed by atoms with Gasteiger partial charge in [-0.3, -0.25) is 0 Å². The standard InChI is InChI=1S/C23H19F5N2O4S/c24-18-5-4-13-8-17(18)16-2-1-3-19(25)20(16)33-11-15-12-34-21(29-15)22(9-13)7-6-14(10-22)30-35(31,32)23(26,27)28/h1-5,8,12,14,30H,6-7,9-11H2/t14-,22+/m0/s1. The number of para-hydroxylation sites is 1. The van der Waals surface area contributed by atoms with Gasteiger partial charge in [0.05, 0.1) is 5.41 Å². The lowest BCUT2D eigenvalue weighted by Crippen LogP contribution is -2.42. The van der Waals surface area contributed by atoms with E-state index in [1.165, 1.54) is 42.7 Å². The molecule has 186 valence electrons. The first-order valence-corrected chi connectivity index (χ1v) is 12.2. The minimum atomic E-state index is -5.54. The first-order valence-electron chi connectivity index (χ1n) is 10.7. The van der Waals surface area contributed by atoms with E-state index in [1.807, 2.05) is 0 Å². The van der Waals surface area contributed by atoms with Crippen LogP contribution < -0.4 is 9.46 Å². The maximum atomic E-state index is 14.8. The molecule has 35 heavy (non-hydrogen) atoms. The van der Waals surface area contributed by atoms with E-state index in [4.69, 9.17) is 9.15 Å². The third-order valence-corrected chi connectivity index (χ3v) is 7.69. The molecule has 1 saturated carbocycles. The molecule has 0 saturated heterocycles. The van der Waals surface area contributed by atoms with Crippen LogP contribution in [0.4, 0.5) is 22.0 Å². The number of aromatic nitrogens is 1. The fraction of sp³-hybridized carbons (Fsp3) is 0.348. The number of nitrogens with one attached hydrogen (secondary N) is 1. The Balaban J connectivity index is 1.57. The highest BCUT2D eigenvalue weighted by atomic mass is 32.2. The van der Waals surface area contributed by atoms with Gasteiger partial charge in [0.25, 0.3) is 0 Å². The van der Waals surface area contributed by atoms with Gasteiger partial charge in [-0.15, -0.1) is 0 Å². The summed E-state index contributed by atoms with van der Waals surface area (Å²) < 4.78 is 105. The molecule has 1 N–H and O–H groups in total. The van der Waals surface area contributed by atoms with Crippen LogP contribution in [0.15, 0.2) is 47.1 Å². The average Bonchev–Trinajstić information content (AvgIpc) is 3.41. The van der Waals surface area contributed by atoms with Crippen molar-refractivity contribution in [3.8, 4) is 16.9 Å². The zero-order chi connectivity index (χ0) is 25.0. The van der Waals surface area contributed by atoms with Gasteiger partial charge in [0.1, 0.15) is 24.4 Å². The molecule has 1 spiro atoms. The molecule has 1 aromatic heterocycles. The Kier molecular flexibility index (Phi) is 5.63. The minimum Gasteiger partial charge on any atom is -0.483 e. The van der Waals surface area contributed by atoms with Gasteiger partial charge in [-0.05, 0) is 49.4 Å². The summed E-state index contributed by atoms with van der Waals surface area (Å²) in [5.41, 5.74) is -5.18. The van der Waals surface area contributed by atoms with Gasteiger partial charge in [0.15, 0.2) is 11.6 Å². The fourth-order valence-corrected chi connectivity index (χ4v) is 5.63. The third kappa shape index (κ3) is 4.29. The topological polar surface area (TPSA) is 81.4 Å². The van der Waals surface area contributed by atoms with E-state index < -0.39 is 38.6 Å². The van der Waals surface area contributed by atoms with Gasteiger partial charge in [-0.2, -0.15) is 13.2 Å². The van der Waals surface area contributed by atoms with E-state index in [0.717, 1.165) is 0 Å². The third-order valence-electron chi connectivity index (χ3n) is 6.44. The van der Waals surface area contributed by atoms with Crippen LogP contribution in [-0.4, -0.2) is 25.0 Å². The molecule has 2 aromatic carbocycles. The summed E-state index contributed by atoms with van der Waals surface area (Å²) in [6, 6.07) is 7.40. The molecule has 6 nitrogen and oxygen atoms in total. The molecule has 5 rings (SSSR count). The predicted molar refractivity (Wildman–Crippen MR) is 114 cm³/mol. The highest BCUT2D eigenvalue weighted by molar-refractivity contribution is 7.90. The summed E-state index contributed by atoms with van der Waals surface area (Å²) in [6.07, 6.45) is 1.87. The van der Waals surface area contributed by atoms with Crippen molar-refractivity contribution < 1.29 is 39.5 Å². The molecule has 2 atom stereocenters. The molecule has 1 aliphatic heterocycles. The molecule has 1 fully saturated rings. The maximum absolute atomic E-state index is 14.8. The summed E-state index contributed by atoms with van der Waals surface area (Å²) in [5, 5.41) is 0. The molecule has 1 aliphatic carbocycles. The van der Waals surface area contributed by atoms with Gasteiger partial charge < -0.3 is 9.15 Å². The summed E-state index contributed by atoms with van der Waals surface area (Å²) >= 11 is 0. The highest BCUT2D eigenvalue weighted by Gasteiger charge is 2.51. The summed E-state index contributed by atoms with van der Waals surface area (Å²) in [4.78, 5) is 4.43. The second kappa shape index (κ2) is 8.30. The number of halogens is 5. The van der Waals surface area contributed by atoms with E-state index in [0.29, 0.717) is 11.3 Å². The maximum Gasteiger partial charge on any atom is 0.511 e. The SMILES string of the molecule is O=S(=O)(N[C@H]1CC[C@@]2(Cc3ccc(F)c(c3)-c3cccc(F)c3OCc3coc2n3)C1)C(F)(F)F. The largest absolute Gasteiger partial charge is 0.511 e. The predicted octanol–water partition coefficient (Wildman–Crippen LogP) is 4.98. The normalized spacial score (nSPS) is 22.3. The highest BCUT2D eigenvalue weighted by Crippen LogP contribution is 2.45. The molecule has 4 bridgehead atoms. The number of rotatable bonds is 2. The molecular formula is C23H19F5N2O4S. The van der Waals surface area contributed by atoms with Crippen LogP contribution in [0.2, 0.25) is 0 Å². The molecule has 0 amide bonds. The fourth-order valence-electron chi connectivity index (χ4n) is 4.85. The van der Waals surface area contributed by atoms with Crippen LogP contribution in [0.3, 0.4) is 0 Å². The van der Waals surface area contributed by atoms with Crippen molar-refractivity contribution in [2.75, 3.05) is 0 Å². The van der Waals surface area contributed by atoms with E-state index in [2.05, 4.69) is 4.98 Å². The zero-order valence-corrected chi connectivity index (χ0v) is 18.8. The van der Waals surface area contributed by atoms with Gasteiger partial charge in [-0.1, -0.05) is 18.2 Å². The van der Waals surface area contributed by atoms with Crippen molar-refractivity contribution in [1.82, 2.24) is 9.71 Å². The first kappa shape index (κ1) is 23.7. The number of hydrogen-bond acceptors (Lipinski definition) is 5. The summed E-state index contributed by atoms with van der Waals surface area (Å²) in [5.74, 6) is -1.23. The second-order valence-corrected chi connectivity index (χ2v) is 10.5. The van der Waals surface area contributed by atoms with E-state index in [-0.39, 0.29) is 55.1 Å². The Morgan fingerprint density at radius 3 is 2.66 bits per heavy atom. The number of hydrogen-bond donors (Lipinski definition) is 1. The Morgan fingerprint density at radius 1 is 1.09 bits per heavy atom. The number of oxazole rings is 1. The molecule has 0 unspecified atom stereocenters. The van der Waals surface area contributed by atoms with Crippen LogP contribution in [0.1, 0.15) is 36.4 Å². The molecule has 3 aromatic rings. The van der Waals surface area contributed by atoms with Crippen molar-refractivity contribution in [2.45, 2.75) is 49.3 Å². The number of sulfonamides is 1. The van der Waals surface area contributed by atoms with Gasteiger partial charge >= 0.3 is 15.5 Å². The summed E-state index contributed by atoms with van der Waals surface area (Å²) in [7, 11) is -5.54. The lowest BCUT2D eigenvalue weighted by atomic mass is 9.79. The van der Waals surface area contributed by atoms with Crippen molar-refractivity contribution >= 4 is 10.0 Å². The number of benzene rings is 2. The van der Waals surface area contributed by atoms with E-state index in [9.17, 15) is 30.4 Å². The van der Waals surface area contributed by atoms with Gasteiger partial charge in [0, 0.05) is 17.2 Å². The molecule has 2 aliphatic rings. The average molecular weight is 514 g/mol. The quantitative estimate of drug-likeness (QED) is 0.488. The molecule has 0 radical (unpaired) electrons. The van der Waals surface area contributed by atoms with E-state index >= 15 is 0 Å². The van der Waals surface area contributed by atoms with Crippen LogP contribution in [0.25, 0.3) is 11.1 Å². The van der Waals surface area contributed by atoms with Gasteiger partial charge in [0.2, 0.25) is 5.89 Å². The van der Waals surface area contributed by atoms with E-state index in [1.54, 1.807) is 4.72 Å². The Morgan fingerprint density at radius 2 is 1.89 bits per heavy atom. The number of ether oxygens (including phenoxy) is 1. The zero-order valence-electron chi connectivity index (χ0n) is 18.0. The number of nitrogens with zero attached hydrogens (tertiary/aromatic N) is 1. The van der Waals surface area contributed by atoms with Crippen molar-refractivity contribution in [2.24, 2.45) is 0 Å². The Bertz CT molecular complexity index is 1390. The van der Waals surface area contributed by atoms with Crippen molar-refractivity contribution in [3.05, 3.63) is 71.4 Å². The Labute approximate surface area is 197 Å². The van der Waals surface area contributed by atoms with Crippen LogP contribution in [-0.2, 0) is 28.5 Å². The minimum absolute atomic E-state index is 0.0129. The second-order valence-electron chi connectivity index (χ2n) is 8.83. The monoisotopic (exact) mass is 514 g/mol. The number of alkyl halides is 3. The first-order chi connectivity index (χ1) is 16.5. The Hall–Kier alpha value is -2.99. The lowest BCUT2D eigenvalue weighted by molar-refractivity contribution is -0.0451. The lowest BCUT2D eigenvalue weighted by Gasteiger charge is -2.27. The summed E-state index contributed by atoms with van der Waals surface area (Å²) in [6.45, 7) is -0.195. The number of fused-ring (bicyclic) bond motifs is 7.